The number of rotatable bonds is 4. The van der Waals surface area contributed by atoms with Crippen molar-refractivity contribution < 1.29 is 9.59 Å². The van der Waals surface area contributed by atoms with Gasteiger partial charge in [-0.2, -0.15) is 0 Å². The fourth-order valence-electron chi connectivity index (χ4n) is 2.38. The van der Waals surface area contributed by atoms with E-state index in [1.807, 2.05) is 13.0 Å². The molecule has 1 aromatic rings. The number of aromatic nitrogens is 2. The van der Waals surface area contributed by atoms with E-state index < -0.39 is 0 Å². The molecule has 108 valence electrons. The summed E-state index contributed by atoms with van der Waals surface area (Å²) in [7, 11) is 0. The van der Waals surface area contributed by atoms with Gasteiger partial charge in [0, 0.05) is 25.6 Å². The minimum Gasteiger partial charge on any atom is -0.355 e. The van der Waals surface area contributed by atoms with Gasteiger partial charge in [-0.05, 0) is 38.8 Å². The van der Waals surface area contributed by atoms with Gasteiger partial charge in [0.25, 0.3) is 5.91 Å². The second-order valence-corrected chi connectivity index (χ2v) is 5.01. The van der Waals surface area contributed by atoms with Crippen LogP contribution < -0.4 is 10.2 Å². The Morgan fingerprint density at radius 1 is 1.30 bits per heavy atom. The number of amides is 1. The van der Waals surface area contributed by atoms with E-state index in [0.29, 0.717) is 12.2 Å². The Balaban J connectivity index is 1.97. The van der Waals surface area contributed by atoms with Crippen LogP contribution in [0.3, 0.4) is 0 Å². The van der Waals surface area contributed by atoms with Crippen LogP contribution in [0.4, 0.5) is 5.82 Å². The first-order chi connectivity index (χ1) is 9.61. The van der Waals surface area contributed by atoms with Crippen molar-refractivity contribution in [3.05, 3.63) is 17.8 Å². The van der Waals surface area contributed by atoms with Crippen molar-refractivity contribution in [2.24, 2.45) is 5.92 Å². The van der Waals surface area contributed by atoms with E-state index in [1.165, 1.54) is 0 Å². The number of hydrogen-bond donors (Lipinski definition) is 1. The minimum atomic E-state index is -0.207. The number of carbonyl (C=O) groups is 2. The molecular weight excluding hydrogens is 256 g/mol. The predicted octanol–water partition coefficient (Wildman–Crippen LogP) is 1.03. The molecule has 1 aliphatic heterocycles. The molecule has 0 atom stereocenters. The van der Waals surface area contributed by atoms with E-state index in [4.69, 9.17) is 0 Å². The maximum Gasteiger partial charge on any atom is 0.271 e. The molecule has 6 nitrogen and oxygen atoms in total. The Hall–Kier alpha value is -1.98. The zero-order chi connectivity index (χ0) is 14.5. The SMILES string of the molecule is CCNC(=O)c1ccc(N2CCC(C(C)=O)CC2)nn1. The molecule has 1 N–H and O–H groups in total. The summed E-state index contributed by atoms with van der Waals surface area (Å²) < 4.78 is 0. The van der Waals surface area contributed by atoms with Gasteiger partial charge < -0.3 is 10.2 Å². The summed E-state index contributed by atoms with van der Waals surface area (Å²) in [6.45, 7) is 5.69. The molecular formula is C14H20N4O2. The second kappa shape index (κ2) is 6.45. The van der Waals surface area contributed by atoms with E-state index in [9.17, 15) is 9.59 Å². The normalized spacial score (nSPS) is 16.0. The molecule has 0 aromatic carbocycles. The van der Waals surface area contributed by atoms with Gasteiger partial charge in [0.1, 0.15) is 5.78 Å². The van der Waals surface area contributed by atoms with Gasteiger partial charge >= 0.3 is 0 Å². The van der Waals surface area contributed by atoms with E-state index in [2.05, 4.69) is 20.4 Å². The number of ketones is 1. The molecule has 0 radical (unpaired) electrons. The Kier molecular flexibility index (Phi) is 4.65. The van der Waals surface area contributed by atoms with Crippen LogP contribution in [0.1, 0.15) is 37.2 Å². The number of anilines is 1. The summed E-state index contributed by atoms with van der Waals surface area (Å²) in [5, 5.41) is 10.7. The van der Waals surface area contributed by atoms with Gasteiger partial charge in [0.15, 0.2) is 11.5 Å². The first-order valence-corrected chi connectivity index (χ1v) is 6.99. The van der Waals surface area contributed by atoms with Gasteiger partial charge in [0.05, 0.1) is 0 Å². The van der Waals surface area contributed by atoms with Crippen LogP contribution >= 0.6 is 0 Å². The largest absolute Gasteiger partial charge is 0.355 e. The second-order valence-electron chi connectivity index (χ2n) is 5.01. The molecule has 1 fully saturated rings. The summed E-state index contributed by atoms with van der Waals surface area (Å²) in [5.41, 5.74) is 0.328. The predicted molar refractivity (Wildman–Crippen MR) is 75.7 cm³/mol. The van der Waals surface area contributed by atoms with Gasteiger partial charge in [-0.25, -0.2) is 0 Å². The van der Waals surface area contributed by atoms with Gasteiger partial charge in [-0.1, -0.05) is 0 Å². The topological polar surface area (TPSA) is 75.2 Å². The van der Waals surface area contributed by atoms with Crippen molar-refractivity contribution in [2.75, 3.05) is 24.5 Å². The summed E-state index contributed by atoms with van der Waals surface area (Å²) in [4.78, 5) is 25.0. The lowest BCUT2D eigenvalue weighted by Crippen LogP contribution is -2.36. The van der Waals surface area contributed by atoms with Gasteiger partial charge in [-0.3, -0.25) is 9.59 Å². The Morgan fingerprint density at radius 2 is 2.00 bits per heavy atom. The van der Waals surface area contributed by atoms with Crippen LogP contribution in [-0.4, -0.2) is 41.5 Å². The summed E-state index contributed by atoms with van der Waals surface area (Å²) in [6.07, 6.45) is 1.71. The van der Waals surface area contributed by atoms with Crippen molar-refractivity contribution in [2.45, 2.75) is 26.7 Å². The van der Waals surface area contributed by atoms with Crippen LogP contribution in [0.15, 0.2) is 12.1 Å². The van der Waals surface area contributed by atoms with E-state index in [0.717, 1.165) is 31.7 Å². The smallest absolute Gasteiger partial charge is 0.271 e. The van der Waals surface area contributed by atoms with E-state index in [1.54, 1.807) is 13.0 Å². The maximum absolute atomic E-state index is 11.6. The number of piperidine rings is 1. The van der Waals surface area contributed by atoms with Crippen molar-refractivity contribution in [1.82, 2.24) is 15.5 Å². The molecule has 1 aliphatic rings. The number of Topliss-reactive ketones (excluding diaryl/α,β-unsaturated/α-hetero) is 1. The highest BCUT2D eigenvalue weighted by molar-refractivity contribution is 5.92. The number of nitrogens with zero attached hydrogens (tertiary/aromatic N) is 3. The van der Waals surface area contributed by atoms with Crippen molar-refractivity contribution in [3.63, 3.8) is 0 Å². The van der Waals surface area contributed by atoms with Gasteiger partial charge in [-0.15, -0.1) is 10.2 Å². The zero-order valence-corrected chi connectivity index (χ0v) is 11.9. The van der Waals surface area contributed by atoms with Crippen LogP contribution in [-0.2, 0) is 4.79 Å². The highest BCUT2D eigenvalue weighted by atomic mass is 16.2. The molecule has 0 bridgehead atoms. The monoisotopic (exact) mass is 276 g/mol. The average molecular weight is 276 g/mol. The highest BCUT2D eigenvalue weighted by Gasteiger charge is 2.23. The Morgan fingerprint density at radius 3 is 2.50 bits per heavy atom. The van der Waals surface area contributed by atoms with Gasteiger partial charge in [0.2, 0.25) is 0 Å². The molecule has 2 heterocycles. The van der Waals surface area contributed by atoms with Crippen LogP contribution in [0.5, 0.6) is 0 Å². The third-order valence-electron chi connectivity index (χ3n) is 3.61. The lowest BCUT2D eigenvalue weighted by Gasteiger charge is -2.31. The summed E-state index contributed by atoms with van der Waals surface area (Å²) in [6, 6.07) is 3.50. The first-order valence-electron chi connectivity index (χ1n) is 6.99. The lowest BCUT2D eigenvalue weighted by molar-refractivity contribution is -0.121. The third-order valence-corrected chi connectivity index (χ3v) is 3.61. The van der Waals surface area contributed by atoms with Crippen molar-refractivity contribution >= 4 is 17.5 Å². The highest BCUT2D eigenvalue weighted by Crippen LogP contribution is 2.21. The van der Waals surface area contributed by atoms with Crippen LogP contribution in [0.25, 0.3) is 0 Å². The van der Waals surface area contributed by atoms with Crippen LogP contribution in [0.2, 0.25) is 0 Å². The number of carbonyl (C=O) groups excluding carboxylic acids is 2. The summed E-state index contributed by atoms with van der Waals surface area (Å²) in [5.74, 6) is 0.998. The molecule has 6 heteroatoms. The maximum atomic E-state index is 11.6. The minimum absolute atomic E-state index is 0.175. The lowest BCUT2D eigenvalue weighted by atomic mass is 9.93. The number of nitrogens with one attached hydrogen (secondary N) is 1. The standard InChI is InChI=1S/C14H20N4O2/c1-3-15-14(20)12-4-5-13(17-16-12)18-8-6-11(7-9-18)10(2)19/h4-5,11H,3,6-9H2,1-2H3,(H,15,20). The van der Waals surface area contributed by atoms with Crippen molar-refractivity contribution in [1.29, 1.82) is 0 Å². The Bertz CT molecular complexity index is 478. The molecule has 0 spiro atoms. The third kappa shape index (κ3) is 3.31. The Labute approximate surface area is 118 Å². The summed E-state index contributed by atoms with van der Waals surface area (Å²) >= 11 is 0. The first kappa shape index (κ1) is 14.4. The van der Waals surface area contributed by atoms with Crippen molar-refractivity contribution in [3.8, 4) is 0 Å². The quantitative estimate of drug-likeness (QED) is 0.889. The number of hydrogen-bond acceptors (Lipinski definition) is 5. The zero-order valence-electron chi connectivity index (χ0n) is 11.9. The molecule has 0 aliphatic carbocycles. The van der Waals surface area contributed by atoms with E-state index in [-0.39, 0.29) is 17.6 Å². The fourth-order valence-corrected chi connectivity index (χ4v) is 2.38. The molecule has 1 saturated heterocycles. The molecule has 1 aromatic heterocycles. The fraction of sp³-hybridized carbons (Fsp3) is 0.571. The van der Waals surface area contributed by atoms with E-state index >= 15 is 0 Å². The molecule has 0 saturated carbocycles. The van der Waals surface area contributed by atoms with Crippen LogP contribution in [0, 0.1) is 5.92 Å². The molecule has 20 heavy (non-hydrogen) atoms. The molecule has 1 amide bonds. The molecule has 2 rings (SSSR count). The average Bonchev–Trinajstić information content (AvgIpc) is 2.48. The molecule has 0 unspecified atom stereocenters.